The van der Waals surface area contributed by atoms with Gasteiger partial charge >= 0.3 is 0 Å². The maximum atomic E-state index is 4.38. The predicted octanol–water partition coefficient (Wildman–Crippen LogP) is 4.38. The molecular formula is C15H17BrN2. The number of nitrogens with one attached hydrogen (secondary N) is 1. The van der Waals surface area contributed by atoms with Crippen molar-refractivity contribution < 1.29 is 0 Å². The molecule has 0 radical (unpaired) electrons. The van der Waals surface area contributed by atoms with Gasteiger partial charge in [0.15, 0.2) is 0 Å². The van der Waals surface area contributed by atoms with Crippen LogP contribution >= 0.6 is 15.9 Å². The first-order valence-corrected chi connectivity index (χ1v) is 6.79. The van der Waals surface area contributed by atoms with Crippen LogP contribution in [0.3, 0.4) is 0 Å². The molecule has 0 amide bonds. The van der Waals surface area contributed by atoms with Gasteiger partial charge in [-0.1, -0.05) is 23.8 Å². The zero-order valence-electron chi connectivity index (χ0n) is 10.9. The maximum absolute atomic E-state index is 4.38. The molecule has 94 valence electrons. The van der Waals surface area contributed by atoms with Gasteiger partial charge in [0.05, 0.1) is 11.4 Å². The number of nitrogens with zero attached hydrogens (tertiary/aromatic N) is 1. The molecule has 0 aliphatic heterocycles. The molecule has 3 heteroatoms. The molecule has 0 saturated carbocycles. The van der Waals surface area contributed by atoms with Crippen LogP contribution in [0.4, 0.5) is 5.69 Å². The van der Waals surface area contributed by atoms with E-state index >= 15 is 0 Å². The fourth-order valence-corrected chi connectivity index (χ4v) is 2.35. The summed E-state index contributed by atoms with van der Waals surface area (Å²) in [5.41, 5.74) is 6.04. The zero-order valence-corrected chi connectivity index (χ0v) is 12.5. The third-order valence-corrected chi connectivity index (χ3v) is 3.46. The van der Waals surface area contributed by atoms with Crippen molar-refractivity contribution in [3.8, 4) is 0 Å². The number of aryl methyl sites for hydroxylation is 3. The van der Waals surface area contributed by atoms with E-state index in [1.54, 1.807) is 0 Å². The van der Waals surface area contributed by atoms with Crippen molar-refractivity contribution in [2.75, 3.05) is 5.32 Å². The van der Waals surface area contributed by atoms with Crippen LogP contribution in [0, 0.1) is 20.8 Å². The first-order valence-electron chi connectivity index (χ1n) is 5.99. The van der Waals surface area contributed by atoms with Crippen molar-refractivity contribution >= 4 is 21.6 Å². The summed E-state index contributed by atoms with van der Waals surface area (Å²) in [4.78, 5) is 4.38. The maximum Gasteiger partial charge on any atom is 0.106 e. The summed E-state index contributed by atoms with van der Waals surface area (Å²) in [5, 5.41) is 3.43. The van der Waals surface area contributed by atoms with Crippen LogP contribution in [0.5, 0.6) is 0 Å². The molecule has 1 N–H and O–H groups in total. The highest BCUT2D eigenvalue weighted by Gasteiger charge is 2.02. The van der Waals surface area contributed by atoms with Gasteiger partial charge in [-0.3, -0.25) is 0 Å². The molecule has 0 bridgehead atoms. The third-order valence-electron chi connectivity index (χ3n) is 3.02. The summed E-state index contributed by atoms with van der Waals surface area (Å²) >= 11 is 3.37. The van der Waals surface area contributed by atoms with Crippen molar-refractivity contribution in [1.29, 1.82) is 0 Å². The Hall–Kier alpha value is -1.35. The van der Waals surface area contributed by atoms with E-state index in [1.165, 1.54) is 16.7 Å². The number of rotatable bonds is 3. The number of hydrogen-bond donors (Lipinski definition) is 1. The highest BCUT2D eigenvalue weighted by atomic mass is 79.9. The Bertz CT molecular complexity index is 513. The number of benzene rings is 1. The second-order valence-corrected chi connectivity index (χ2v) is 5.36. The van der Waals surface area contributed by atoms with Gasteiger partial charge in [-0.15, -0.1) is 0 Å². The molecule has 0 saturated heterocycles. The Labute approximate surface area is 117 Å². The SMILES string of the molecule is Cc1ccc(CNc2ccc(Br)nc2C)c(C)c1. The van der Waals surface area contributed by atoms with Crippen LogP contribution < -0.4 is 5.32 Å². The topological polar surface area (TPSA) is 24.9 Å². The Balaban J connectivity index is 2.11. The molecule has 0 atom stereocenters. The molecule has 1 aromatic heterocycles. The smallest absolute Gasteiger partial charge is 0.106 e. The molecule has 0 aliphatic rings. The molecule has 0 aliphatic carbocycles. The molecule has 0 spiro atoms. The normalized spacial score (nSPS) is 10.4. The number of aromatic nitrogens is 1. The van der Waals surface area contributed by atoms with Gasteiger partial charge in [-0.05, 0) is 60.0 Å². The summed E-state index contributed by atoms with van der Waals surface area (Å²) in [6, 6.07) is 10.5. The van der Waals surface area contributed by atoms with Crippen molar-refractivity contribution in [3.05, 3.63) is 57.3 Å². The lowest BCUT2D eigenvalue weighted by Crippen LogP contribution is -2.03. The van der Waals surface area contributed by atoms with E-state index in [4.69, 9.17) is 0 Å². The highest BCUT2D eigenvalue weighted by Crippen LogP contribution is 2.18. The number of halogens is 1. The van der Waals surface area contributed by atoms with Crippen LogP contribution in [0.25, 0.3) is 0 Å². The van der Waals surface area contributed by atoms with Gasteiger partial charge in [0.2, 0.25) is 0 Å². The summed E-state index contributed by atoms with van der Waals surface area (Å²) in [5.74, 6) is 0. The highest BCUT2D eigenvalue weighted by molar-refractivity contribution is 9.10. The van der Waals surface area contributed by atoms with Gasteiger partial charge in [-0.25, -0.2) is 4.98 Å². The molecule has 1 heterocycles. The Morgan fingerprint density at radius 1 is 1.11 bits per heavy atom. The van der Waals surface area contributed by atoms with E-state index in [9.17, 15) is 0 Å². The van der Waals surface area contributed by atoms with Crippen molar-refractivity contribution in [1.82, 2.24) is 4.98 Å². The van der Waals surface area contributed by atoms with Crippen LogP contribution in [0.1, 0.15) is 22.4 Å². The molecular weight excluding hydrogens is 288 g/mol. The monoisotopic (exact) mass is 304 g/mol. The predicted molar refractivity (Wildman–Crippen MR) is 79.9 cm³/mol. The summed E-state index contributed by atoms with van der Waals surface area (Å²) < 4.78 is 0.872. The molecule has 2 nitrogen and oxygen atoms in total. The third kappa shape index (κ3) is 3.10. The molecule has 2 rings (SSSR count). The second kappa shape index (κ2) is 5.53. The summed E-state index contributed by atoms with van der Waals surface area (Å²) in [6.45, 7) is 7.11. The Kier molecular flexibility index (Phi) is 4.02. The molecule has 0 fully saturated rings. The van der Waals surface area contributed by atoms with Crippen LogP contribution in [-0.2, 0) is 6.54 Å². The lowest BCUT2D eigenvalue weighted by Gasteiger charge is -2.11. The van der Waals surface area contributed by atoms with E-state index in [1.807, 2.05) is 13.0 Å². The fraction of sp³-hybridized carbons (Fsp3) is 0.267. The van der Waals surface area contributed by atoms with Gasteiger partial charge in [0.1, 0.15) is 4.60 Å². The van der Waals surface area contributed by atoms with E-state index in [-0.39, 0.29) is 0 Å². The quantitative estimate of drug-likeness (QED) is 0.851. The van der Waals surface area contributed by atoms with E-state index in [2.05, 4.69) is 64.3 Å². The fourth-order valence-electron chi connectivity index (χ4n) is 1.95. The average Bonchev–Trinajstić information content (AvgIpc) is 2.30. The largest absolute Gasteiger partial charge is 0.379 e. The summed E-state index contributed by atoms with van der Waals surface area (Å²) in [7, 11) is 0. The van der Waals surface area contributed by atoms with Crippen molar-refractivity contribution in [2.24, 2.45) is 0 Å². The van der Waals surface area contributed by atoms with Crippen molar-refractivity contribution in [3.63, 3.8) is 0 Å². The molecule has 1 aromatic carbocycles. The van der Waals surface area contributed by atoms with E-state index in [0.717, 1.165) is 22.5 Å². The van der Waals surface area contributed by atoms with E-state index in [0.29, 0.717) is 0 Å². The number of pyridine rings is 1. The van der Waals surface area contributed by atoms with Gasteiger partial charge < -0.3 is 5.32 Å². The van der Waals surface area contributed by atoms with Gasteiger partial charge in [-0.2, -0.15) is 0 Å². The molecule has 2 aromatic rings. The minimum Gasteiger partial charge on any atom is -0.379 e. The van der Waals surface area contributed by atoms with Crippen LogP contribution in [-0.4, -0.2) is 4.98 Å². The van der Waals surface area contributed by atoms with Crippen LogP contribution in [0.15, 0.2) is 34.9 Å². The van der Waals surface area contributed by atoms with Crippen molar-refractivity contribution in [2.45, 2.75) is 27.3 Å². The number of hydrogen-bond acceptors (Lipinski definition) is 2. The summed E-state index contributed by atoms with van der Waals surface area (Å²) in [6.07, 6.45) is 0. The minimum atomic E-state index is 0.830. The van der Waals surface area contributed by atoms with Gasteiger partial charge in [0.25, 0.3) is 0 Å². The first-order chi connectivity index (χ1) is 8.56. The minimum absolute atomic E-state index is 0.830. The Morgan fingerprint density at radius 2 is 1.89 bits per heavy atom. The molecule has 0 unspecified atom stereocenters. The van der Waals surface area contributed by atoms with Crippen LogP contribution in [0.2, 0.25) is 0 Å². The van der Waals surface area contributed by atoms with E-state index < -0.39 is 0 Å². The number of anilines is 1. The first kappa shape index (κ1) is 13.1. The molecule has 18 heavy (non-hydrogen) atoms. The second-order valence-electron chi connectivity index (χ2n) is 4.55. The average molecular weight is 305 g/mol. The van der Waals surface area contributed by atoms with Gasteiger partial charge in [0, 0.05) is 6.54 Å². The lowest BCUT2D eigenvalue weighted by atomic mass is 10.1. The zero-order chi connectivity index (χ0) is 13.1. The standard InChI is InChI=1S/C15H17BrN2/c1-10-4-5-13(11(2)8-10)9-17-14-6-7-15(16)18-12(14)3/h4-8,17H,9H2,1-3H3. The Morgan fingerprint density at radius 3 is 2.56 bits per heavy atom. The lowest BCUT2D eigenvalue weighted by molar-refractivity contribution is 1.08.